The number of fused-ring (bicyclic) bond motifs is 2. The number of nitrogens with zero attached hydrogens (tertiary/aromatic N) is 2. The number of allylic oxidation sites excluding steroid dienone is 1. The number of carbonyl (C=O) groups is 2. The maximum atomic E-state index is 14.0. The third-order valence-corrected chi connectivity index (χ3v) is 6.94. The van der Waals surface area contributed by atoms with E-state index < -0.39 is 11.8 Å². The van der Waals surface area contributed by atoms with Gasteiger partial charge in [-0.3, -0.25) is 4.79 Å². The molecule has 0 saturated heterocycles. The van der Waals surface area contributed by atoms with Gasteiger partial charge in [0, 0.05) is 29.6 Å². The Bertz CT molecular complexity index is 1570. The molecule has 4 aromatic rings. The summed E-state index contributed by atoms with van der Waals surface area (Å²) in [4.78, 5) is 26.6. The van der Waals surface area contributed by atoms with Crippen LogP contribution in [0, 0.1) is 0 Å². The third kappa shape index (κ3) is 5.65. The van der Waals surface area contributed by atoms with Gasteiger partial charge in [-0.25, -0.2) is 0 Å². The molecule has 2 heterocycles. The van der Waals surface area contributed by atoms with Crippen molar-refractivity contribution in [1.82, 2.24) is 8.75 Å². The van der Waals surface area contributed by atoms with E-state index in [4.69, 9.17) is 18.9 Å². The van der Waals surface area contributed by atoms with Gasteiger partial charge in [0.1, 0.15) is 16.8 Å². The van der Waals surface area contributed by atoms with Crippen LogP contribution in [0.3, 0.4) is 0 Å². The van der Waals surface area contributed by atoms with Crippen LogP contribution in [-0.4, -0.2) is 48.4 Å². The molecule has 1 aromatic heterocycles. The summed E-state index contributed by atoms with van der Waals surface area (Å²) in [6.07, 6.45) is 0.628. The van der Waals surface area contributed by atoms with Crippen LogP contribution < -0.4 is 53.6 Å². The van der Waals surface area contributed by atoms with Gasteiger partial charge < -0.3 is 28.8 Å². The Hall–Kier alpha value is -3.44. The largest absolute Gasteiger partial charge is 1.00 e. The number of aromatic nitrogens is 2. The van der Waals surface area contributed by atoms with Gasteiger partial charge in [-0.1, -0.05) is 6.07 Å². The number of hydrogen-bond acceptors (Lipinski definition) is 10. The molecule has 0 amide bonds. The van der Waals surface area contributed by atoms with Crippen molar-refractivity contribution in [3.05, 3.63) is 76.4 Å². The second-order valence-corrected chi connectivity index (χ2v) is 9.10. The first-order chi connectivity index (χ1) is 18.4. The predicted octanol–water partition coefficient (Wildman–Crippen LogP) is 0.285. The zero-order valence-corrected chi connectivity index (χ0v) is 24.7. The second-order valence-electron chi connectivity index (χ2n) is 8.57. The van der Waals surface area contributed by atoms with Gasteiger partial charge in [0.2, 0.25) is 5.75 Å². The molecule has 11 heteroatoms. The number of benzene rings is 3. The molecule has 0 aliphatic carbocycles. The monoisotopic (exact) mass is 554 g/mol. The standard InChI is InChI=1S/C28H24N2O7S.Na/c1-34-23-11-15(12-24(35-2)27(23)36-3)10-19(26(31)18-5-7-22-16(13-18)8-9-37-22)25(28(32)33)17-4-6-20-21(14-17)30-38-29-20;/h4-7,11-14H,8-10H2,1-3H3,(H,32,33);/q;+1/p-1/b25-19-;. The van der Waals surface area contributed by atoms with E-state index in [1.165, 1.54) is 21.3 Å². The number of ketones is 1. The molecule has 0 radical (unpaired) electrons. The molecular weight excluding hydrogens is 531 g/mol. The SMILES string of the molecule is COc1cc(C/C(C(=O)c2ccc3c(c2)CCO3)=C(/C(=O)[O-])c2ccc3nsnc3c2)cc(OC)c1OC.[Na+]. The molecule has 0 spiro atoms. The number of ether oxygens (including phenoxy) is 4. The molecule has 0 unspecified atom stereocenters. The molecule has 0 fully saturated rings. The van der Waals surface area contributed by atoms with Crippen molar-refractivity contribution in [2.75, 3.05) is 27.9 Å². The average Bonchev–Trinajstić information content (AvgIpc) is 3.60. The summed E-state index contributed by atoms with van der Waals surface area (Å²) < 4.78 is 30.3. The summed E-state index contributed by atoms with van der Waals surface area (Å²) in [7, 11) is 4.46. The van der Waals surface area contributed by atoms with E-state index in [9.17, 15) is 14.7 Å². The molecule has 1 aliphatic rings. The number of carbonyl (C=O) groups excluding carboxylic acids is 2. The van der Waals surface area contributed by atoms with E-state index in [1.54, 1.807) is 48.5 Å². The first kappa shape index (κ1) is 28.6. The fourth-order valence-electron chi connectivity index (χ4n) is 4.58. The molecule has 39 heavy (non-hydrogen) atoms. The van der Waals surface area contributed by atoms with Crippen LogP contribution in [0.4, 0.5) is 0 Å². The van der Waals surface area contributed by atoms with Crippen molar-refractivity contribution in [2.24, 2.45) is 0 Å². The van der Waals surface area contributed by atoms with Crippen molar-refractivity contribution in [1.29, 1.82) is 0 Å². The van der Waals surface area contributed by atoms with Crippen molar-refractivity contribution in [3.8, 4) is 23.0 Å². The maximum absolute atomic E-state index is 14.0. The van der Waals surface area contributed by atoms with Gasteiger partial charge in [0.25, 0.3) is 0 Å². The molecule has 3 aromatic carbocycles. The van der Waals surface area contributed by atoms with Crippen LogP contribution in [0.5, 0.6) is 23.0 Å². The van der Waals surface area contributed by atoms with Crippen molar-refractivity contribution in [2.45, 2.75) is 12.8 Å². The summed E-state index contributed by atoms with van der Waals surface area (Å²) in [6, 6.07) is 13.4. The fourth-order valence-corrected chi connectivity index (χ4v) is 5.10. The van der Waals surface area contributed by atoms with Gasteiger partial charge in [-0.2, -0.15) is 8.75 Å². The maximum Gasteiger partial charge on any atom is 1.00 e. The molecule has 1 aliphatic heterocycles. The van der Waals surface area contributed by atoms with E-state index in [0.717, 1.165) is 23.0 Å². The molecular formula is C28H23N2NaO7S. The van der Waals surface area contributed by atoms with Gasteiger partial charge >= 0.3 is 29.6 Å². The average molecular weight is 555 g/mol. The van der Waals surface area contributed by atoms with Crippen LogP contribution in [-0.2, 0) is 17.6 Å². The molecule has 0 atom stereocenters. The van der Waals surface area contributed by atoms with Crippen molar-refractivity contribution >= 4 is 40.1 Å². The Morgan fingerprint density at radius 2 is 1.62 bits per heavy atom. The number of aliphatic carboxylic acids is 1. The van der Waals surface area contributed by atoms with E-state index in [-0.39, 0.29) is 47.1 Å². The van der Waals surface area contributed by atoms with E-state index in [2.05, 4.69) is 8.75 Å². The minimum Gasteiger partial charge on any atom is -0.545 e. The van der Waals surface area contributed by atoms with E-state index >= 15 is 0 Å². The Morgan fingerprint density at radius 1 is 0.923 bits per heavy atom. The predicted molar refractivity (Wildman–Crippen MR) is 139 cm³/mol. The summed E-state index contributed by atoms with van der Waals surface area (Å²) in [5.74, 6) is -0.0484. The topological polar surface area (TPSA) is 120 Å². The van der Waals surface area contributed by atoms with Gasteiger partial charge in [-0.05, 0) is 59.2 Å². The van der Waals surface area contributed by atoms with E-state index in [1.807, 2.05) is 0 Å². The molecule has 0 N–H and O–H groups in total. The first-order valence-corrected chi connectivity index (χ1v) is 12.4. The van der Waals surface area contributed by atoms with Crippen LogP contribution in [0.25, 0.3) is 16.6 Å². The number of hydrogen-bond donors (Lipinski definition) is 0. The van der Waals surface area contributed by atoms with Gasteiger partial charge in [-0.15, -0.1) is 0 Å². The summed E-state index contributed by atoms with van der Waals surface area (Å²) in [6.45, 7) is 0.535. The molecule has 9 nitrogen and oxygen atoms in total. The summed E-state index contributed by atoms with van der Waals surface area (Å²) >= 11 is 1.02. The normalized spacial score (nSPS) is 12.6. The molecule has 0 bridgehead atoms. The third-order valence-electron chi connectivity index (χ3n) is 6.38. The fraction of sp³-hybridized carbons (Fsp3) is 0.214. The van der Waals surface area contributed by atoms with Gasteiger partial charge in [0.15, 0.2) is 17.3 Å². The Kier molecular flexibility index (Phi) is 8.91. The number of rotatable bonds is 9. The minimum absolute atomic E-state index is 0. The van der Waals surface area contributed by atoms with Crippen molar-refractivity contribution in [3.63, 3.8) is 0 Å². The van der Waals surface area contributed by atoms with Crippen LogP contribution in [0.15, 0.2) is 54.1 Å². The molecule has 0 saturated carbocycles. The molecule has 5 rings (SSSR count). The quantitative estimate of drug-likeness (QED) is 0.163. The van der Waals surface area contributed by atoms with Gasteiger partial charge in [0.05, 0.1) is 45.6 Å². The van der Waals surface area contributed by atoms with Crippen LogP contribution in [0.2, 0.25) is 0 Å². The zero-order chi connectivity index (χ0) is 26.8. The number of methoxy groups -OCH3 is 3. The van der Waals surface area contributed by atoms with Crippen molar-refractivity contribution < 1.29 is 63.2 Å². The number of carboxylic acids is 1. The molecule has 194 valence electrons. The zero-order valence-electron chi connectivity index (χ0n) is 21.9. The Balaban J connectivity index is 0.00000353. The van der Waals surface area contributed by atoms with E-state index in [0.29, 0.717) is 58.0 Å². The summed E-state index contributed by atoms with van der Waals surface area (Å²) in [5, 5.41) is 12.6. The minimum atomic E-state index is -1.48. The van der Waals surface area contributed by atoms with Crippen LogP contribution >= 0.6 is 11.7 Å². The number of Topliss-reactive ketones (excluding diaryl/α,β-unsaturated/α-hetero) is 1. The Labute approximate surface area is 251 Å². The second kappa shape index (κ2) is 12.2. The summed E-state index contributed by atoms with van der Waals surface area (Å²) in [5.41, 5.74) is 3.11. The Morgan fingerprint density at radius 3 is 2.28 bits per heavy atom. The first-order valence-electron chi connectivity index (χ1n) is 11.7. The smallest absolute Gasteiger partial charge is 0.545 e. The number of carboxylic acid groups (broad SMARTS) is 1. The van der Waals surface area contributed by atoms with Crippen LogP contribution in [0.1, 0.15) is 27.0 Å².